The van der Waals surface area contributed by atoms with Crippen LogP contribution in [0.25, 0.3) is 0 Å². The van der Waals surface area contributed by atoms with Gasteiger partial charge < -0.3 is 5.73 Å². The fourth-order valence-electron chi connectivity index (χ4n) is 1.52. The van der Waals surface area contributed by atoms with E-state index in [1.54, 1.807) is 0 Å². The zero-order chi connectivity index (χ0) is 11.3. The number of hydrogen-bond acceptors (Lipinski definition) is 2. The van der Waals surface area contributed by atoms with Crippen molar-refractivity contribution in [3.63, 3.8) is 0 Å². The van der Waals surface area contributed by atoms with Gasteiger partial charge in [0.25, 0.3) is 0 Å². The lowest BCUT2D eigenvalue weighted by molar-refractivity contribution is 0.259. The van der Waals surface area contributed by atoms with E-state index in [1.165, 1.54) is 5.56 Å². The molecule has 1 aromatic carbocycles. The second-order valence-electron chi connectivity index (χ2n) is 3.63. The summed E-state index contributed by atoms with van der Waals surface area (Å²) in [6.45, 7) is 6.02. The molecule has 0 heterocycles. The standard InChI is InChI=1S/C12H18N2S/c1-3-14(10(2)12(13)15)9-11-7-5-4-6-8-11/h4-8,10H,3,9H2,1-2H3,(H2,13,15). The molecule has 0 spiro atoms. The van der Waals surface area contributed by atoms with Crippen molar-refractivity contribution in [3.8, 4) is 0 Å². The molecule has 1 aromatic rings. The Morgan fingerprint density at radius 3 is 2.47 bits per heavy atom. The van der Waals surface area contributed by atoms with Crippen molar-refractivity contribution in [2.45, 2.75) is 26.4 Å². The van der Waals surface area contributed by atoms with E-state index in [0.717, 1.165) is 13.1 Å². The average molecular weight is 222 g/mol. The summed E-state index contributed by atoms with van der Waals surface area (Å²) >= 11 is 5.01. The number of hydrogen-bond donors (Lipinski definition) is 1. The van der Waals surface area contributed by atoms with E-state index >= 15 is 0 Å². The van der Waals surface area contributed by atoms with Crippen molar-refractivity contribution in [2.75, 3.05) is 6.54 Å². The molecule has 1 rings (SSSR count). The van der Waals surface area contributed by atoms with Crippen molar-refractivity contribution in [1.82, 2.24) is 4.90 Å². The van der Waals surface area contributed by atoms with Crippen molar-refractivity contribution in [3.05, 3.63) is 35.9 Å². The third-order valence-corrected chi connectivity index (χ3v) is 2.94. The molecule has 3 heteroatoms. The molecule has 0 bridgehead atoms. The van der Waals surface area contributed by atoms with Gasteiger partial charge in [0.1, 0.15) is 0 Å². The summed E-state index contributed by atoms with van der Waals surface area (Å²) in [7, 11) is 0. The van der Waals surface area contributed by atoms with Gasteiger partial charge in [0.05, 0.1) is 11.0 Å². The molecule has 2 N–H and O–H groups in total. The zero-order valence-electron chi connectivity index (χ0n) is 9.31. The van der Waals surface area contributed by atoms with Gasteiger partial charge in [0, 0.05) is 6.54 Å². The van der Waals surface area contributed by atoms with Crippen molar-refractivity contribution in [1.29, 1.82) is 0 Å². The first-order valence-electron chi connectivity index (χ1n) is 5.22. The van der Waals surface area contributed by atoms with Crippen LogP contribution in [0.4, 0.5) is 0 Å². The smallest absolute Gasteiger partial charge is 0.0899 e. The molecule has 0 aliphatic carbocycles. The van der Waals surface area contributed by atoms with Crippen molar-refractivity contribution in [2.24, 2.45) is 5.73 Å². The Hall–Kier alpha value is -0.930. The summed E-state index contributed by atoms with van der Waals surface area (Å²) in [5.41, 5.74) is 6.95. The Morgan fingerprint density at radius 2 is 2.00 bits per heavy atom. The third kappa shape index (κ3) is 3.61. The fraction of sp³-hybridized carbons (Fsp3) is 0.417. The highest BCUT2D eigenvalue weighted by Gasteiger charge is 2.14. The first-order chi connectivity index (χ1) is 7.15. The number of thiocarbonyl (C=S) groups is 1. The Labute approximate surface area is 97.1 Å². The first kappa shape index (κ1) is 12.1. The van der Waals surface area contributed by atoms with E-state index in [1.807, 2.05) is 6.07 Å². The summed E-state index contributed by atoms with van der Waals surface area (Å²) in [5, 5.41) is 0. The van der Waals surface area contributed by atoms with Crippen LogP contribution in [-0.2, 0) is 6.54 Å². The van der Waals surface area contributed by atoms with Crippen LogP contribution in [0.2, 0.25) is 0 Å². The summed E-state index contributed by atoms with van der Waals surface area (Å²) in [6.07, 6.45) is 0. The molecule has 0 aromatic heterocycles. The summed E-state index contributed by atoms with van der Waals surface area (Å²) in [5.74, 6) is 0. The lowest BCUT2D eigenvalue weighted by Crippen LogP contribution is -2.41. The Kier molecular flexibility index (Phi) is 4.72. The molecule has 0 fully saturated rings. The minimum Gasteiger partial charge on any atom is -0.392 e. The molecule has 0 radical (unpaired) electrons. The second-order valence-corrected chi connectivity index (χ2v) is 4.10. The average Bonchev–Trinajstić information content (AvgIpc) is 2.26. The van der Waals surface area contributed by atoms with Crippen LogP contribution in [0, 0.1) is 0 Å². The molecule has 2 nitrogen and oxygen atoms in total. The predicted molar refractivity (Wildman–Crippen MR) is 68.8 cm³/mol. The van der Waals surface area contributed by atoms with Crippen LogP contribution in [0.1, 0.15) is 19.4 Å². The Morgan fingerprint density at radius 1 is 1.40 bits per heavy atom. The Bertz CT molecular complexity index is 311. The lowest BCUT2D eigenvalue weighted by Gasteiger charge is -2.26. The minimum atomic E-state index is 0.158. The van der Waals surface area contributed by atoms with Crippen LogP contribution in [-0.4, -0.2) is 22.5 Å². The number of nitrogens with two attached hydrogens (primary N) is 1. The van der Waals surface area contributed by atoms with Crippen molar-refractivity contribution >= 4 is 17.2 Å². The van der Waals surface area contributed by atoms with Gasteiger partial charge in [0.2, 0.25) is 0 Å². The highest BCUT2D eigenvalue weighted by Crippen LogP contribution is 2.07. The largest absolute Gasteiger partial charge is 0.392 e. The maximum Gasteiger partial charge on any atom is 0.0899 e. The van der Waals surface area contributed by atoms with E-state index in [2.05, 4.69) is 43.0 Å². The molecule has 1 atom stereocenters. The van der Waals surface area contributed by atoms with Crippen LogP contribution in [0.3, 0.4) is 0 Å². The zero-order valence-corrected chi connectivity index (χ0v) is 10.1. The molecule has 0 aliphatic rings. The van der Waals surface area contributed by atoms with E-state index in [0.29, 0.717) is 4.99 Å². The van der Waals surface area contributed by atoms with Gasteiger partial charge in [-0.2, -0.15) is 0 Å². The Balaban J connectivity index is 2.66. The monoisotopic (exact) mass is 222 g/mol. The quantitative estimate of drug-likeness (QED) is 0.774. The fourth-order valence-corrected chi connectivity index (χ4v) is 1.67. The highest BCUT2D eigenvalue weighted by atomic mass is 32.1. The van der Waals surface area contributed by atoms with Crippen LogP contribution in [0.5, 0.6) is 0 Å². The lowest BCUT2D eigenvalue weighted by atomic mass is 10.2. The number of rotatable bonds is 5. The molecule has 0 saturated heterocycles. The summed E-state index contributed by atoms with van der Waals surface area (Å²) in [6, 6.07) is 10.5. The van der Waals surface area contributed by atoms with E-state index in [9.17, 15) is 0 Å². The molecule has 1 unspecified atom stereocenters. The third-order valence-electron chi connectivity index (χ3n) is 2.59. The maximum absolute atomic E-state index is 5.66. The van der Waals surface area contributed by atoms with E-state index in [4.69, 9.17) is 18.0 Å². The van der Waals surface area contributed by atoms with Gasteiger partial charge >= 0.3 is 0 Å². The van der Waals surface area contributed by atoms with Gasteiger partial charge in [0.15, 0.2) is 0 Å². The predicted octanol–water partition coefficient (Wildman–Crippen LogP) is 2.18. The topological polar surface area (TPSA) is 29.3 Å². The molecular weight excluding hydrogens is 204 g/mol. The highest BCUT2D eigenvalue weighted by molar-refractivity contribution is 7.80. The van der Waals surface area contributed by atoms with Gasteiger partial charge in [-0.15, -0.1) is 0 Å². The molecule has 82 valence electrons. The second kappa shape index (κ2) is 5.83. The first-order valence-corrected chi connectivity index (χ1v) is 5.63. The summed E-state index contributed by atoms with van der Waals surface area (Å²) in [4.78, 5) is 2.82. The SMILES string of the molecule is CCN(Cc1ccccc1)C(C)C(N)=S. The van der Waals surface area contributed by atoms with Crippen LogP contribution in [0.15, 0.2) is 30.3 Å². The van der Waals surface area contributed by atoms with Gasteiger partial charge in [-0.05, 0) is 19.0 Å². The van der Waals surface area contributed by atoms with Crippen LogP contribution >= 0.6 is 12.2 Å². The summed E-state index contributed by atoms with van der Waals surface area (Å²) < 4.78 is 0. The molecule has 0 amide bonds. The van der Waals surface area contributed by atoms with Crippen LogP contribution < -0.4 is 5.73 Å². The normalized spacial score (nSPS) is 12.7. The number of likely N-dealkylation sites (N-methyl/N-ethyl adjacent to an activating group) is 1. The molecule has 15 heavy (non-hydrogen) atoms. The van der Waals surface area contributed by atoms with E-state index < -0.39 is 0 Å². The van der Waals surface area contributed by atoms with Gasteiger partial charge in [-0.25, -0.2) is 0 Å². The van der Waals surface area contributed by atoms with Gasteiger partial charge in [-0.3, -0.25) is 4.90 Å². The number of nitrogens with zero attached hydrogens (tertiary/aromatic N) is 1. The molecule has 0 saturated carbocycles. The maximum atomic E-state index is 5.66. The molecular formula is C12H18N2S. The molecule has 0 aliphatic heterocycles. The van der Waals surface area contributed by atoms with Gasteiger partial charge in [-0.1, -0.05) is 49.5 Å². The minimum absolute atomic E-state index is 0.158. The van der Waals surface area contributed by atoms with E-state index in [-0.39, 0.29) is 6.04 Å². The van der Waals surface area contributed by atoms with Crippen molar-refractivity contribution < 1.29 is 0 Å². The number of benzene rings is 1.